The van der Waals surface area contributed by atoms with E-state index >= 15 is 0 Å². The Hall–Kier alpha value is -1.81. The molecule has 1 aromatic heterocycles. The molecule has 1 N–H and O–H groups in total. The van der Waals surface area contributed by atoms with Gasteiger partial charge in [-0.2, -0.15) is 0 Å². The van der Waals surface area contributed by atoms with Crippen LogP contribution in [0.15, 0.2) is 35.7 Å². The Morgan fingerprint density at radius 3 is 2.82 bits per heavy atom. The van der Waals surface area contributed by atoms with Gasteiger partial charge in [0.25, 0.3) is 0 Å². The van der Waals surface area contributed by atoms with E-state index in [1.165, 1.54) is 11.3 Å². The number of aromatic carboxylic acids is 1. The first-order valence-electron chi connectivity index (χ1n) is 5.28. The summed E-state index contributed by atoms with van der Waals surface area (Å²) in [5.74, 6) is 0.437. The molecule has 2 aromatic rings. The van der Waals surface area contributed by atoms with Gasteiger partial charge in [0.2, 0.25) is 0 Å². The molecule has 0 spiro atoms. The van der Waals surface area contributed by atoms with Gasteiger partial charge in [-0.15, -0.1) is 11.3 Å². The number of ether oxygens (including phenoxy) is 1. The number of rotatable bonds is 4. The highest BCUT2D eigenvalue weighted by Gasteiger charge is 2.09. The summed E-state index contributed by atoms with van der Waals surface area (Å²) in [5.41, 5.74) is 1.11. The molecule has 0 atom stereocenters. The molecule has 2 rings (SSSR count). The molecule has 0 fully saturated rings. The van der Waals surface area contributed by atoms with E-state index in [0.29, 0.717) is 5.75 Å². The molecule has 0 bridgehead atoms. The summed E-state index contributed by atoms with van der Waals surface area (Å²) in [7, 11) is 0. The lowest BCUT2D eigenvalue weighted by Gasteiger charge is -2.07. The van der Waals surface area contributed by atoms with Gasteiger partial charge in [0.05, 0.1) is 0 Å². The number of benzene rings is 1. The van der Waals surface area contributed by atoms with Crippen molar-refractivity contribution in [2.24, 2.45) is 0 Å². The monoisotopic (exact) mass is 248 g/mol. The van der Waals surface area contributed by atoms with Gasteiger partial charge in [-0.1, -0.05) is 25.1 Å². The van der Waals surface area contributed by atoms with E-state index < -0.39 is 5.97 Å². The maximum atomic E-state index is 10.7. The van der Waals surface area contributed by atoms with E-state index in [1.807, 2.05) is 24.3 Å². The highest BCUT2D eigenvalue weighted by atomic mass is 32.1. The number of carbonyl (C=O) groups is 1. The molecule has 4 heteroatoms. The van der Waals surface area contributed by atoms with E-state index in [1.54, 1.807) is 11.4 Å². The molecule has 1 aromatic carbocycles. The smallest absolute Gasteiger partial charge is 0.346 e. The third kappa shape index (κ3) is 2.65. The van der Waals surface area contributed by atoms with Crippen molar-refractivity contribution in [3.8, 4) is 11.5 Å². The zero-order chi connectivity index (χ0) is 12.3. The zero-order valence-electron chi connectivity index (χ0n) is 9.34. The van der Waals surface area contributed by atoms with Crippen LogP contribution in [0.5, 0.6) is 11.5 Å². The van der Waals surface area contributed by atoms with Crippen molar-refractivity contribution in [3.05, 3.63) is 46.2 Å². The van der Waals surface area contributed by atoms with Crippen LogP contribution in [0.3, 0.4) is 0 Å². The maximum absolute atomic E-state index is 10.7. The molecular weight excluding hydrogens is 236 g/mol. The number of aryl methyl sites for hydroxylation is 1. The van der Waals surface area contributed by atoms with Crippen molar-refractivity contribution in [1.82, 2.24) is 0 Å². The Labute approximate surface area is 103 Å². The Morgan fingerprint density at radius 1 is 1.41 bits per heavy atom. The minimum atomic E-state index is -0.923. The third-order valence-corrected chi connectivity index (χ3v) is 3.26. The predicted octanol–water partition coefficient (Wildman–Crippen LogP) is 3.80. The molecule has 17 heavy (non-hydrogen) atoms. The van der Waals surface area contributed by atoms with Gasteiger partial charge in [-0.05, 0) is 18.1 Å². The summed E-state index contributed by atoms with van der Waals surface area (Å²) < 4.78 is 5.68. The van der Waals surface area contributed by atoms with Crippen molar-refractivity contribution < 1.29 is 14.6 Å². The quantitative estimate of drug-likeness (QED) is 0.895. The topological polar surface area (TPSA) is 46.5 Å². The van der Waals surface area contributed by atoms with Crippen LogP contribution in [0, 0.1) is 0 Å². The van der Waals surface area contributed by atoms with Crippen molar-refractivity contribution in [2.75, 3.05) is 0 Å². The van der Waals surface area contributed by atoms with E-state index in [0.717, 1.165) is 17.7 Å². The molecule has 88 valence electrons. The summed E-state index contributed by atoms with van der Waals surface area (Å²) in [5, 5.41) is 10.5. The summed E-state index contributed by atoms with van der Waals surface area (Å²) in [6.07, 6.45) is 0.881. The van der Waals surface area contributed by atoms with Gasteiger partial charge in [-0.25, -0.2) is 4.79 Å². The number of carboxylic acid groups (broad SMARTS) is 1. The first kappa shape index (κ1) is 11.7. The normalized spacial score (nSPS) is 10.2. The second kappa shape index (κ2) is 5.01. The number of hydrogen-bond acceptors (Lipinski definition) is 3. The van der Waals surface area contributed by atoms with Crippen LogP contribution >= 0.6 is 11.3 Å². The second-order valence-corrected chi connectivity index (χ2v) is 4.43. The fraction of sp³-hybridized carbons (Fsp3) is 0.154. The van der Waals surface area contributed by atoms with Gasteiger partial charge in [0.15, 0.2) is 0 Å². The highest BCUT2D eigenvalue weighted by Crippen LogP contribution is 2.29. The van der Waals surface area contributed by atoms with Crippen LogP contribution in [0.4, 0.5) is 0 Å². The minimum Gasteiger partial charge on any atom is -0.477 e. The Balaban J connectivity index is 2.22. The van der Waals surface area contributed by atoms with E-state index in [2.05, 4.69) is 6.92 Å². The fourth-order valence-corrected chi connectivity index (χ4v) is 2.15. The van der Waals surface area contributed by atoms with Gasteiger partial charge < -0.3 is 9.84 Å². The van der Waals surface area contributed by atoms with E-state index in [4.69, 9.17) is 9.84 Å². The van der Waals surface area contributed by atoms with Crippen molar-refractivity contribution in [1.29, 1.82) is 0 Å². The van der Waals surface area contributed by atoms with Gasteiger partial charge in [0, 0.05) is 11.4 Å². The fourth-order valence-electron chi connectivity index (χ4n) is 1.51. The molecule has 0 aliphatic carbocycles. The van der Waals surface area contributed by atoms with Crippen LogP contribution in [-0.2, 0) is 6.42 Å². The van der Waals surface area contributed by atoms with Crippen LogP contribution in [0.1, 0.15) is 22.2 Å². The average molecular weight is 248 g/mol. The summed E-state index contributed by atoms with van der Waals surface area (Å²) in [6.45, 7) is 2.05. The molecule has 0 aliphatic heterocycles. The number of hydrogen-bond donors (Lipinski definition) is 1. The van der Waals surface area contributed by atoms with Gasteiger partial charge in [-0.3, -0.25) is 0 Å². The number of para-hydroxylation sites is 1. The van der Waals surface area contributed by atoms with Gasteiger partial charge in [0.1, 0.15) is 16.4 Å². The molecule has 0 aliphatic rings. The standard InChI is InChI=1S/C13H12O3S/c1-2-9-5-3-4-6-11(9)16-10-7-12(13(14)15)17-8-10/h3-8H,2H2,1H3,(H,14,15). The summed E-state index contributed by atoms with van der Waals surface area (Å²) in [4.78, 5) is 11.0. The number of carboxylic acids is 1. The zero-order valence-corrected chi connectivity index (χ0v) is 10.2. The highest BCUT2D eigenvalue weighted by molar-refractivity contribution is 7.12. The van der Waals surface area contributed by atoms with Crippen LogP contribution < -0.4 is 4.74 Å². The van der Waals surface area contributed by atoms with Crippen LogP contribution in [0.2, 0.25) is 0 Å². The van der Waals surface area contributed by atoms with Crippen LogP contribution in [-0.4, -0.2) is 11.1 Å². The largest absolute Gasteiger partial charge is 0.477 e. The average Bonchev–Trinajstić information content (AvgIpc) is 2.78. The molecule has 0 amide bonds. The second-order valence-electron chi connectivity index (χ2n) is 3.52. The molecule has 0 saturated carbocycles. The Bertz CT molecular complexity index is 531. The van der Waals surface area contributed by atoms with Crippen molar-refractivity contribution >= 4 is 17.3 Å². The minimum absolute atomic E-state index is 0.286. The van der Waals surface area contributed by atoms with Crippen LogP contribution in [0.25, 0.3) is 0 Å². The molecule has 0 radical (unpaired) electrons. The predicted molar refractivity (Wildman–Crippen MR) is 67.2 cm³/mol. The maximum Gasteiger partial charge on any atom is 0.346 e. The Morgan fingerprint density at radius 2 is 2.18 bits per heavy atom. The lowest BCUT2D eigenvalue weighted by molar-refractivity contribution is 0.0702. The summed E-state index contributed by atoms with van der Waals surface area (Å²) >= 11 is 1.17. The molecule has 0 saturated heterocycles. The van der Waals surface area contributed by atoms with Crippen molar-refractivity contribution in [3.63, 3.8) is 0 Å². The molecule has 1 heterocycles. The lowest BCUT2D eigenvalue weighted by atomic mass is 10.1. The first-order valence-corrected chi connectivity index (χ1v) is 6.16. The van der Waals surface area contributed by atoms with E-state index in [-0.39, 0.29) is 4.88 Å². The Kier molecular flexibility index (Phi) is 3.44. The molecular formula is C13H12O3S. The van der Waals surface area contributed by atoms with Crippen molar-refractivity contribution in [2.45, 2.75) is 13.3 Å². The van der Waals surface area contributed by atoms with Gasteiger partial charge >= 0.3 is 5.97 Å². The van der Waals surface area contributed by atoms with E-state index in [9.17, 15) is 4.79 Å². The molecule has 3 nitrogen and oxygen atoms in total. The third-order valence-electron chi connectivity index (χ3n) is 2.37. The first-order chi connectivity index (χ1) is 8.20. The lowest BCUT2D eigenvalue weighted by Crippen LogP contribution is -1.91. The SMILES string of the molecule is CCc1ccccc1Oc1csc(C(=O)O)c1. The summed E-state index contributed by atoms with van der Waals surface area (Å²) in [6, 6.07) is 9.29. The number of thiophene rings is 1. The molecule has 0 unspecified atom stereocenters.